The predicted molar refractivity (Wildman–Crippen MR) is 85.4 cm³/mol. The van der Waals surface area contributed by atoms with Crippen molar-refractivity contribution < 1.29 is 0 Å². The average molecular weight is 263 g/mol. The van der Waals surface area contributed by atoms with Crippen LogP contribution in [-0.2, 0) is 0 Å². The quantitative estimate of drug-likeness (QED) is 0.713. The van der Waals surface area contributed by atoms with Crippen molar-refractivity contribution in [2.24, 2.45) is 0 Å². The minimum atomic E-state index is 0.763. The molecule has 0 saturated heterocycles. The largest absolute Gasteiger partial charge is 0.396 e. The number of nitrogens with two attached hydrogens (primary N) is 1. The number of hydrogen-bond donors (Lipinski definition) is 1. The second-order valence-corrected chi connectivity index (χ2v) is 4.96. The number of anilines is 3. The number of rotatable bonds is 2. The summed E-state index contributed by atoms with van der Waals surface area (Å²) in [6.07, 6.45) is 1.78. The van der Waals surface area contributed by atoms with Crippen LogP contribution in [0.5, 0.6) is 0 Å². The number of nitrogens with zero attached hydrogens (tertiary/aromatic N) is 2. The number of aryl methyl sites for hydroxylation is 1. The van der Waals surface area contributed by atoms with Gasteiger partial charge in [-0.05, 0) is 43.3 Å². The average Bonchev–Trinajstić information content (AvgIpc) is 2.48. The van der Waals surface area contributed by atoms with Crippen molar-refractivity contribution in [3.05, 3.63) is 60.3 Å². The molecule has 3 heteroatoms. The molecule has 2 aromatic carbocycles. The van der Waals surface area contributed by atoms with Gasteiger partial charge in [-0.1, -0.05) is 17.7 Å². The van der Waals surface area contributed by atoms with Crippen LogP contribution in [0.4, 0.5) is 17.1 Å². The Kier molecular flexibility index (Phi) is 3.03. The predicted octanol–water partition coefficient (Wildman–Crippen LogP) is 3.89. The van der Waals surface area contributed by atoms with E-state index in [0.29, 0.717) is 0 Å². The van der Waals surface area contributed by atoms with Crippen LogP contribution in [0.2, 0.25) is 0 Å². The molecule has 0 amide bonds. The third-order valence-electron chi connectivity index (χ3n) is 3.59. The van der Waals surface area contributed by atoms with Gasteiger partial charge in [0.05, 0.1) is 16.9 Å². The molecule has 3 nitrogen and oxygen atoms in total. The molecule has 1 aromatic heterocycles. The molecule has 0 fully saturated rings. The molecule has 0 bridgehead atoms. The second kappa shape index (κ2) is 4.85. The maximum atomic E-state index is 6.31. The third-order valence-corrected chi connectivity index (χ3v) is 3.59. The Bertz CT molecular complexity index is 748. The first kappa shape index (κ1) is 12.5. The van der Waals surface area contributed by atoms with Crippen LogP contribution in [0.15, 0.2) is 54.7 Å². The van der Waals surface area contributed by atoms with Gasteiger partial charge >= 0.3 is 0 Å². The lowest BCUT2D eigenvalue weighted by Crippen LogP contribution is -2.11. The SMILES string of the molecule is Cc1ccc(N(C)c2ccc3ncccc3c2N)cc1. The molecule has 0 saturated carbocycles. The van der Waals surface area contributed by atoms with Crippen molar-refractivity contribution in [2.45, 2.75) is 6.92 Å². The molecular formula is C17H17N3. The van der Waals surface area contributed by atoms with Gasteiger partial charge in [-0.25, -0.2) is 0 Å². The zero-order valence-corrected chi connectivity index (χ0v) is 11.7. The Labute approximate surface area is 118 Å². The zero-order chi connectivity index (χ0) is 14.1. The molecule has 0 radical (unpaired) electrons. The van der Waals surface area contributed by atoms with Gasteiger partial charge in [-0.2, -0.15) is 0 Å². The molecule has 0 unspecified atom stereocenters. The number of hydrogen-bond acceptors (Lipinski definition) is 3. The lowest BCUT2D eigenvalue weighted by atomic mass is 10.1. The Balaban J connectivity index is 2.09. The van der Waals surface area contributed by atoms with Crippen LogP contribution >= 0.6 is 0 Å². The minimum absolute atomic E-state index is 0.763. The summed E-state index contributed by atoms with van der Waals surface area (Å²) in [5.41, 5.74) is 11.3. The van der Waals surface area contributed by atoms with E-state index in [0.717, 1.165) is 28.0 Å². The first-order valence-electron chi connectivity index (χ1n) is 6.60. The Morgan fingerprint density at radius 2 is 1.75 bits per heavy atom. The Morgan fingerprint density at radius 1 is 1.00 bits per heavy atom. The number of aromatic nitrogens is 1. The second-order valence-electron chi connectivity index (χ2n) is 4.96. The Hall–Kier alpha value is -2.55. The highest BCUT2D eigenvalue weighted by Crippen LogP contribution is 2.33. The van der Waals surface area contributed by atoms with Crippen LogP contribution in [0.25, 0.3) is 10.9 Å². The summed E-state index contributed by atoms with van der Waals surface area (Å²) in [4.78, 5) is 6.43. The highest BCUT2D eigenvalue weighted by Gasteiger charge is 2.10. The van der Waals surface area contributed by atoms with Crippen LogP contribution in [0.1, 0.15) is 5.56 Å². The molecule has 3 aromatic rings. The van der Waals surface area contributed by atoms with Gasteiger partial charge in [0, 0.05) is 24.3 Å². The monoisotopic (exact) mass is 263 g/mol. The van der Waals surface area contributed by atoms with E-state index < -0.39 is 0 Å². The molecule has 0 aliphatic carbocycles. The number of pyridine rings is 1. The zero-order valence-electron chi connectivity index (χ0n) is 11.7. The summed E-state index contributed by atoms with van der Waals surface area (Å²) in [5, 5.41) is 0.990. The van der Waals surface area contributed by atoms with E-state index in [2.05, 4.69) is 41.1 Å². The van der Waals surface area contributed by atoms with E-state index >= 15 is 0 Å². The van der Waals surface area contributed by atoms with Crippen molar-refractivity contribution >= 4 is 28.0 Å². The fourth-order valence-electron chi connectivity index (χ4n) is 2.36. The van der Waals surface area contributed by atoms with Gasteiger partial charge in [-0.3, -0.25) is 4.98 Å². The van der Waals surface area contributed by atoms with Crippen molar-refractivity contribution in [1.29, 1.82) is 0 Å². The number of fused-ring (bicyclic) bond motifs is 1. The summed E-state index contributed by atoms with van der Waals surface area (Å²) in [7, 11) is 2.03. The van der Waals surface area contributed by atoms with Crippen LogP contribution in [0.3, 0.4) is 0 Å². The van der Waals surface area contributed by atoms with Gasteiger partial charge < -0.3 is 10.6 Å². The first-order chi connectivity index (χ1) is 9.66. The normalized spacial score (nSPS) is 10.7. The molecule has 0 aliphatic rings. The van der Waals surface area contributed by atoms with Gasteiger partial charge in [0.1, 0.15) is 0 Å². The number of benzene rings is 2. The smallest absolute Gasteiger partial charge is 0.0724 e. The van der Waals surface area contributed by atoms with Crippen molar-refractivity contribution in [1.82, 2.24) is 4.98 Å². The first-order valence-corrected chi connectivity index (χ1v) is 6.60. The van der Waals surface area contributed by atoms with E-state index in [4.69, 9.17) is 5.73 Å². The molecular weight excluding hydrogens is 246 g/mol. The van der Waals surface area contributed by atoms with Crippen molar-refractivity contribution in [3.8, 4) is 0 Å². The third kappa shape index (κ3) is 2.07. The van der Waals surface area contributed by atoms with Gasteiger partial charge in [-0.15, -0.1) is 0 Å². The van der Waals surface area contributed by atoms with Crippen LogP contribution in [-0.4, -0.2) is 12.0 Å². The maximum Gasteiger partial charge on any atom is 0.0724 e. The summed E-state index contributed by atoms with van der Waals surface area (Å²) < 4.78 is 0. The van der Waals surface area contributed by atoms with E-state index in [1.54, 1.807) is 6.20 Å². The lowest BCUT2D eigenvalue weighted by Gasteiger charge is -2.22. The summed E-state index contributed by atoms with van der Waals surface area (Å²) in [6.45, 7) is 2.08. The van der Waals surface area contributed by atoms with Crippen molar-refractivity contribution in [3.63, 3.8) is 0 Å². The standard InChI is InChI=1S/C17H17N3/c1-12-5-7-13(8-6-12)20(2)16-10-9-15-14(17(16)18)4-3-11-19-15/h3-11H,18H2,1-2H3. The highest BCUT2D eigenvalue weighted by atomic mass is 15.1. The molecule has 3 rings (SSSR count). The number of nitrogen functional groups attached to an aromatic ring is 1. The summed E-state index contributed by atoms with van der Waals surface area (Å²) in [6, 6.07) is 16.3. The molecule has 20 heavy (non-hydrogen) atoms. The van der Waals surface area contributed by atoms with Gasteiger partial charge in [0.15, 0.2) is 0 Å². The molecule has 100 valence electrons. The molecule has 2 N–H and O–H groups in total. The maximum absolute atomic E-state index is 6.31. The van der Waals surface area contributed by atoms with E-state index in [9.17, 15) is 0 Å². The minimum Gasteiger partial charge on any atom is -0.396 e. The fraction of sp³-hybridized carbons (Fsp3) is 0.118. The van der Waals surface area contributed by atoms with Crippen molar-refractivity contribution in [2.75, 3.05) is 17.7 Å². The van der Waals surface area contributed by atoms with Gasteiger partial charge in [0.2, 0.25) is 0 Å². The van der Waals surface area contributed by atoms with Crippen LogP contribution in [0, 0.1) is 6.92 Å². The molecule has 0 atom stereocenters. The van der Waals surface area contributed by atoms with Crippen LogP contribution < -0.4 is 10.6 Å². The topological polar surface area (TPSA) is 42.2 Å². The molecule has 0 aliphatic heterocycles. The molecule has 0 spiro atoms. The summed E-state index contributed by atoms with van der Waals surface area (Å²) in [5.74, 6) is 0. The Morgan fingerprint density at radius 3 is 2.50 bits per heavy atom. The van der Waals surface area contributed by atoms with E-state index in [1.165, 1.54) is 5.56 Å². The fourth-order valence-corrected chi connectivity index (χ4v) is 2.36. The van der Waals surface area contributed by atoms with E-state index in [1.807, 2.05) is 31.3 Å². The van der Waals surface area contributed by atoms with Gasteiger partial charge in [0.25, 0.3) is 0 Å². The summed E-state index contributed by atoms with van der Waals surface area (Å²) >= 11 is 0. The lowest BCUT2D eigenvalue weighted by molar-refractivity contribution is 1.21. The van der Waals surface area contributed by atoms with E-state index in [-0.39, 0.29) is 0 Å². The molecule has 1 heterocycles. The highest BCUT2D eigenvalue weighted by molar-refractivity contribution is 5.98.